The Hall–Kier alpha value is -1.84. The second kappa shape index (κ2) is 6.51. The second-order valence-electron chi connectivity index (χ2n) is 6.37. The van der Waals surface area contributed by atoms with Crippen molar-refractivity contribution in [3.05, 3.63) is 35.9 Å². The minimum absolute atomic E-state index is 0.126. The molecule has 1 unspecified atom stereocenters. The summed E-state index contributed by atoms with van der Waals surface area (Å²) in [6, 6.07) is 10.4. The van der Waals surface area contributed by atoms with E-state index < -0.39 is 0 Å². The van der Waals surface area contributed by atoms with Crippen molar-refractivity contribution < 1.29 is 9.59 Å². The molecule has 1 aromatic rings. The molecule has 1 heterocycles. The number of carbonyl (C=O) groups is 2. The van der Waals surface area contributed by atoms with E-state index in [-0.39, 0.29) is 17.7 Å². The number of nitrogens with zero attached hydrogens (tertiary/aromatic N) is 2. The largest absolute Gasteiger partial charge is 0.339 e. The SMILES string of the molecule is CCN(Cc1ccccc1)C(=O)C1CC(=O)N(C2CCC2)C1. The molecule has 0 N–H and O–H groups in total. The van der Waals surface area contributed by atoms with Crippen LogP contribution < -0.4 is 0 Å². The van der Waals surface area contributed by atoms with Gasteiger partial charge in [-0.1, -0.05) is 30.3 Å². The Morgan fingerprint density at radius 3 is 2.59 bits per heavy atom. The first-order valence-corrected chi connectivity index (χ1v) is 8.31. The molecule has 1 aliphatic heterocycles. The number of carbonyl (C=O) groups excluding carboxylic acids is 2. The molecule has 0 bridgehead atoms. The second-order valence-corrected chi connectivity index (χ2v) is 6.37. The van der Waals surface area contributed by atoms with Crippen LogP contribution >= 0.6 is 0 Å². The molecular weight excluding hydrogens is 276 g/mol. The molecule has 118 valence electrons. The van der Waals surface area contributed by atoms with Crippen LogP contribution in [0.25, 0.3) is 0 Å². The molecule has 0 aromatic heterocycles. The molecule has 1 saturated carbocycles. The zero-order valence-electron chi connectivity index (χ0n) is 13.2. The monoisotopic (exact) mass is 300 g/mol. The third-order valence-electron chi connectivity index (χ3n) is 4.93. The summed E-state index contributed by atoms with van der Waals surface area (Å²) >= 11 is 0. The normalized spacial score (nSPS) is 21.8. The molecule has 1 aromatic carbocycles. The van der Waals surface area contributed by atoms with Crippen LogP contribution in [0.3, 0.4) is 0 Å². The van der Waals surface area contributed by atoms with Gasteiger partial charge in [0.15, 0.2) is 0 Å². The van der Waals surface area contributed by atoms with Gasteiger partial charge in [0, 0.05) is 32.1 Å². The third-order valence-corrected chi connectivity index (χ3v) is 4.93. The van der Waals surface area contributed by atoms with E-state index in [1.54, 1.807) is 0 Å². The van der Waals surface area contributed by atoms with Crippen LogP contribution in [0.15, 0.2) is 30.3 Å². The molecule has 1 saturated heterocycles. The molecule has 3 rings (SSSR count). The van der Waals surface area contributed by atoms with Crippen molar-refractivity contribution in [2.45, 2.75) is 45.2 Å². The van der Waals surface area contributed by atoms with Gasteiger partial charge in [0.2, 0.25) is 11.8 Å². The lowest BCUT2D eigenvalue weighted by atomic mass is 9.92. The highest BCUT2D eigenvalue weighted by molar-refractivity contribution is 5.89. The minimum atomic E-state index is -0.156. The zero-order chi connectivity index (χ0) is 15.5. The first-order chi connectivity index (χ1) is 10.7. The summed E-state index contributed by atoms with van der Waals surface area (Å²) in [5, 5.41) is 0. The van der Waals surface area contributed by atoms with Gasteiger partial charge in [0.05, 0.1) is 5.92 Å². The maximum absolute atomic E-state index is 12.7. The number of amides is 2. The number of benzene rings is 1. The molecule has 2 aliphatic rings. The average molecular weight is 300 g/mol. The van der Waals surface area contributed by atoms with E-state index in [1.807, 2.05) is 47.1 Å². The lowest BCUT2D eigenvalue weighted by Gasteiger charge is -2.35. The molecular formula is C18H24N2O2. The summed E-state index contributed by atoms with van der Waals surface area (Å²) in [7, 11) is 0. The van der Waals surface area contributed by atoms with Crippen molar-refractivity contribution in [1.82, 2.24) is 9.80 Å². The van der Waals surface area contributed by atoms with Gasteiger partial charge in [-0.25, -0.2) is 0 Å². The maximum Gasteiger partial charge on any atom is 0.228 e. The van der Waals surface area contributed by atoms with Gasteiger partial charge >= 0.3 is 0 Å². The quantitative estimate of drug-likeness (QED) is 0.838. The van der Waals surface area contributed by atoms with E-state index in [2.05, 4.69) is 0 Å². The number of hydrogen-bond acceptors (Lipinski definition) is 2. The van der Waals surface area contributed by atoms with Crippen LogP contribution in [-0.4, -0.2) is 40.7 Å². The smallest absolute Gasteiger partial charge is 0.228 e. The Morgan fingerprint density at radius 1 is 1.27 bits per heavy atom. The molecule has 0 radical (unpaired) electrons. The van der Waals surface area contributed by atoms with Crippen molar-refractivity contribution in [1.29, 1.82) is 0 Å². The third kappa shape index (κ3) is 3.01. The first-order valence-electron chi connectivity index (χ1n) is 8.31. The standard InChI is InChI=1S/C18H24N2O2/c1-2-19(12-14-7-4-3-5-8-14)18(22)15-11-17(21)20(13-15)16-9-6-10-16/h3-5,7-8,15-16H,2,6,9-13H2,1H3. The van der Waals surface area contributed by atoms with Gasteiger partial charge < -0.3 is 9.80 Å². The number of rotatable bonds is 5. The zero-order valence-corrected chi connectivity index (χ0v) is 13.2. The fraction of sp³-hybridized carbons (Fsp3) is 0.556. The Balaban J connectivity index is 1.63. The molecule has 4 nitrogen and oxygen atoms in total. The number of likely N-dealkylation sites (tertiary alicyclic amines) is 1. The lowest BCUT2D eigenvalue weighted by molar-refractivity contribution is -0.136. The Kier molecular flexibility index (Phi) is 4.46. The van der Waals surface area contributed by atoms with Crippen LogP contribution in [0.4, 0.5) is 0 Å². The lowest BCUT2D eigenvalue weighted by Crippen LogP contribution is -2.42. The van der Waals surface area contributed by atoms with Gasteiger partial charge in [0.1, 0.15) is 0 Å². The summed E-state index contributed by atoms with van der Waals surface area (Å²) in [5.74, 6) is 0.136. The van der Waals surface area contributed by atoms with Gasteiger partial charge in [0.25, 0.3) is 0 Å². The number of hydrogen-bond donors (Lipinski definition) is 0. The summed E-state index contributed by atoms with van der Waals surface area (Å²) in [6.45, 7) is 3.93. The van der Waals surface area contributed by atoms with Crippen LogP contribution in [0, 0.1) is 5.92 Å². The summed E-state index contributed by atoms with van der Waals surface area (Å²) in [5.41, 5.74) is 1.14. The molecule has 2 amide bonds. The average Bonchev–Trinajstić information content (AvgIpc) is 2.85. The van der Waals surface area contributed by atoms with E-state index in [0.29, 0.717) is 32.1 Å². The van der Waals surface area contributed by atoms with Crippen molar-refractivity contribution in [3.8, 4) is 0 Å². The first kappa shape index (κ1) is 15.1. The van der Waals surface area contributed by atoms with Crippen LogP contribution in [-0.2, 0) is 16.1 Å². The predicted octanol–water partition coefficient (Wildman–Crippen LogP) is 2.44. The van der Waals surface area contributed by atoms with Crippen LogP contribution in [0.2, 0.25) is 0 Å². The Morgan fingerprint density at radius 2 is 2.00 bits per heavy atom. The van der Waals surface area contributed by atoms with E-state index in [1.165, 1.54) is 6.42 Å². The summed E-state index contributed by atoms with van der Waals surface area (Å²) in [4.78, 5) is 28.7. The van der Waals surface area contributed by atoms with Gasteiger partial charge in [-0.15, -0.1) is 0 Å². The maximum atomic E-state index is 12.7. The molecule has 22 heavy (non-hydrogen) atoms. The van der Waals surface area contributed by atoms with Crippen LogP contribution in [0.5, 0.6) is 0 Å². The van der Waals surface area contributed by atoms with Gasteiger partial charge in [-0.3, -0.25) is 9.59 Å². The van der Waals surface area contributed by atoms with Crippen LogP contribution in [0.1, 0.15) is 38.2 Å². The molecule has 4 heteroatoms. The van der Waals surface area contributed by atoms with Gasteiger partial charge in [-0.2, -0.15) is 0 Å². The summed E-state index contributed by atoms with van der Waals surface area (Å²) in [6.07, 6.45) is 3.81. The minimum Gasteiger partial charge on any atom is -0.339 e. The van der Waals surface area contributed by atoms with E-state index in [4.69, 9.17) is 0 Å². The Bertz CT molecular complexity index is 539. The predicted molar refractivity (Wildman–Crippen MR) is 85.0 cm³/mol. The summed E-state index contributed by atoms with van der Waals surface area (Å²) < 4.78 is 0. The van der Waals surface area contributed by atoms with Gasteiger partial charge in [-0.05, 0) is 31.7 Å². The highest BCUT2D eigenvalue weighted by atomic mass is 16.2. The highest BCUT2D eigenvalue weighted by Crippen LogP contribution is 2.31. The fourth-order valence-electron chi connectivity index (χ4n) is 3.36. The topological polar surface area (TPSA) is 40.6 Å². The molecule has 0 spiro atoms. The Labute approximate surface area is 132 Å². The van der Waals surface area contributed by atoms with E-state index in [0.717, 1.165) is 18.4 Å². The van der Waals surface area contributed by atoms with Crippen molar-refractivity contribution in [3.63, 3.8) is 0 Å². The van der Waals surface area contributed by atoms with Crippen molar-refractivity contribution >= 4 is 11.8 Å². The highest BCUT2D eigenvalue weighted by Gasteiger charge is 2.40. The van der Waals surface area contributed by atoms with Crippen molar-refractivity contribution in [2.24, 2.45) is 5.92 Å². The molecule has 2 fully saturated rings. The molecule has 1 aliphatic carbocycles. The fourth-order valence-corrected chi connectivity index (χ4v) is 3.36. The van der Waals surface area contributed by atoms with Crippen molar-refractivity contribution in [2.75, 3.05) is 13.1 Å². The van der Waals surface area contributed by atoms with E-state index >= 15 is 0 Å². The van der Waals surface area contributed by atoms with E-state index in [9.17, 15) is 9.59 Å². The molecule has 1 atom stereocenters.